The Hall–Kier alpha value is -1.93. The molecule has 2 atom stereocenters. The Labute approximate surface area is 83.8 Å². The van der Waals surface area contributed by atoms with Gasteiger partial charge in [-0.2, -0.15) is 5.10 Å². The molecule has 15 heavy (non-hydrogen) atoms. The molecule has 8 nitrogen and oxygen atoms in total. The van der Waals surface area contributed by atoms with Crippen LogP contribution in [0.1, 0.15) is 0 Å². The Morgan fingerprint density at radius 1 is 1.13 bits per heavy atom. The van der Waals surface area contributed by atoms with Crippen molar-refractivity contribution in [3.63, 3.8) is 0 Å². The van der Waals surface area contributed by atoms with Gasteiger partial charge in [0.25, 0.3) is 0 Å². The SMILES string of the molecule is O=C(O)C(O)C(O)C(=O)O.c1cn[nH]c1. The van der Waals surface area contributed by atoms with Gasteiger partial charge in [0.05, 0.1) is 0 Å². The molecule has 0 radical (unpaired) electrons. The maximum Gasteiger partial charge on any atom is 0.335 e. The zero-order valence-corrected chi connectivity index (χ0v) is 7.44. The molecule has 8 heteroatoms. The first-order valence-corrected chi connectivity index (χ1v) is 3.72. The normalized spacial score (nSPS) is 13.2. The van der Waals surface area contributed by atoms with Crippen molar-refractivity contribution in [2.45, 2.75) is 12.2 Å². The molecule has 2 unspecified atom stereocenters. The number of H-pyrrole nitrogens is 1. The van der Waals surface area contributed by atoms with E-state index in [9.17, 15) is 9.59 Å². The van der Waals surface area contributed by atoms with Gasteiger partial charge in [0.15, 0.2) is 12.2 Å². The third-order valence-corrected chi connectivity index (χ3v) is 1.21. The molecule has 0 aliphatic rings. The number of aliphatic hydroxyl groups is 2. The smallest absolute Gasteiger partial charge is 0.335 e. The molecule has 1 heterocycles. The third-order valence-electron chi connectivity index (χ3n) is 1.21. The maximum atomic E-state index is 9.77. The van der Waals surface area contributed by atoms with E-state index < -0.39 is 24.1 Å². The van der Waals surface area contributed by atoms with E-state index in [-0.39, 0.29) is 0 Å². The number of carbonyl (C=O) groups is 2. The fraction of sp³-hybridized carbons (Fsp3) is 0.286. The van der Waals surface area contributed by atoms with Crippen molar-refractivity contribution >= 4 is 11.9 Å². The first-order chi connectivity index (χ1) is 6.96. The second kappa shape index (κ2) is 6.51. The van der Waals surface area contributed by atoms with E-state index in [4.69, 9.17) is 20.4 Å². The van der Waals surface area contributed by atoms with Crippen LogP contribution in [0.25, 0.3) is 0 Å². The second-order valence-corrected chi connectivity index (χ2v) is 2.33. The van der Waals surface area contributed by atoms with Crippen LogP contribution in [0.5, 0.6) is 0 Å². The first kappa shape index (κ1) is 13.1. The lowest BCUT2D eigenvalue weighted by atomic mass is 10.2. The van der Waals surface area contributed by atoms with Crippen LogP contribution in [0.4, 0.5) is 0 Å². The minimum atomic E-state index is -2.27. The molecular formula is C7H10N2O6. The summed E-state index contributed by atoms with van der Waals surface area (Å²) in [5, 5.41) is 38.7. The lowest BCUT2D eigenvalue weighted by Crippen LogP contribution is -2.39. The second-order valence-electron chi connectivity index (χ2n) is 2.33. The third kappa shape index (κ3) is 5.39. The van der Waals surface area contributed by atoms with Crippen LogP contribution in [0.2, 0.25) is 0 Å². The molecule has 0 spiro atoms. The van der Waals surface area contributed by atoms with Crippen LogP contribution in [-0.4, -0.2) is 54.8 Å². The average Bonchev–Trinajstić information content (AvgIpc) is 2.73. The van der Waals surface area contributed by atoms with E-state index in [1.54, 1.807) is 12.4 Å². The van der Waals surface area contributed by atoms with Gasteiger partial charge in [0, 0.05) is 12.4 Å². The lowest BCUT2D eigenvalue weighted by Gasteiger charge is -2.07. The van der Waals surface area contributed by atoms with Crippen LogP contribution in [0.3, 0.4) is 0 Å². The van der Waals surface area contributed by atoms with E-state index >= 15 is 0 Å². The standard InChI is InChI=1S/C4H6O6.C3H4N2/c5-1(3(7)8)2(6)4(9)10;1-2-4-5-3-1/h1-2,5-6H,(H,7,8)(H,9,10);1-3H,(H,4,5). The Balaban J connectivity index is 0.000000322. The first-order valence-electron chi connectivity index (χ1n) is 3.72. The number of aromatic amines is 1. The number of nitrogens with one attached hydrogen (secondary N) is 1. The summed E-state index contributed by atoms with van der Waals surface area (Å²) in [6.45, 7) is 0. The summed E-state index contributed by atoms with van der Waals surface area (Å²) < 4.78 is 0. The van der Waals surface area contributed by atoms with Gasteiger partial charge >= 0.3 is 11.9 Å². The van der Waals surface area contributed by atoms with E-state index in [2.05, 4.69) is 10.2 Å². The minimum Gasteiger partial charge on any atom is -0.479 e. The van der Waals surface area contributed by atoms with Gasteiger partial charge < -0.3 is 20.4 Å². The molecule has 0 saturated carbocycles. The molecule has 1 rings (SSSR count). The van der Waals surface area contributed by atoms with Gasteiger partial charge in [-0.15, -0.1) is 0 Å². The number of aliphatic hydroxyl groups excluding tert-OH is 2. The molecule has 5 N–H and O–H groups in total. The highest BCUT2D eigenvalue weighted by atomic mass is 16.4. The summed E-state index contributed by atoms with van der Waals surface area (Å²) in [4.78, 5) is 19.5. The Kier molecular flexibility index (Phi) is 5.67. The summed E-state index contributed by atoms with van der Waals surface area (Å²) in [5.74, 6) is -3.54. The number of nitrogens with zero attached hydrogens (tertiary/aromatic N) is 1. The molecule has 0 aliphatic heterocycles. The zero-order chi connectivity index (χ0) is 11.8. The number of carboxylic acid groups (broad SMARTS) is 2. The highest BCUT2D eigenvalue weighted by molar-refractivity contribution is 5.83. The van der Waals surface area contributed by atoms with Gasteiger partial charge in [-0.05, 0) is 6.07 Å². The fourth-order valence-electron chi connectivity index (χ4n) is 0.485. The van der Waals surface area contributed by atoms with Gasteiger partial charge in [-0.25, -0.2) is 9.59 Å². The number of rotatable bonds is 3. The molecule has 1 aromatic heterocycles. The van der Waals surface area contributed by atoms with Crippen molar-refractivity contribution in [1.82, 2.24) is 10.2 Å². The molecule has 0 saturated heterocycles. The number of aromatic nitrogens is 2. The Bertz CT molecular complexity index is 263. The number of hydrogen-bond donors (Lipinski definition) is 5. The highest BCUT2D eigenvalue weighted by Crippen LogP contribution is 1.92. The Morgan fingerprint density at radius 3 is 1.73 bits per heavy atom. The van der Waals surface area contributed by atoms with Gasteiger partial charge in [0.1, 0.15) is 0 Å². The van der Waals surface area contributed by atoms with E-state index in [1.165, 1.54) is 0 Å². The number of hydrogen-bond acceptors (Lipinski definition) is 5. The molecule has 0 bridgehead atoms. The maximum absolute atomic E-state index is 9.77. The monoisotopic (exact) mass is 218 g/mol. The van der Waals surface area contributed by atoms with Crippen molar-refractivity contribution in [1.29, 1.82) is 0 Å². The number of carboxylic acids is 2. The van der Waals surface area contributed by atoms with E-state index in [0.717, 1.165) is 0 Å². The molecule has 84 valence electrons. The summed E-state index contributed by atoms with van der Waals surface area (Å²) in [6, 6.07) is 1.83. The summed E-state index contributed by atoms with van der Waals surface area (Å²) in [5.41, 5.74) is 0. The number of aliphatic carboxylic acids is 2. The van der Waals surface area contributed by atoms with E-state index in [0.29, 0.717) is 0 Å². The molecule has 0 aromatic carbocycles. The summed E-state index contributed by atoms with van der Waals surface area (Å²) >= 11 is 0. The van der Waals surface area contributed by atoms with Crippen LogP contribution < -0.4 is 0 Å². The van der Waals surface area contributed by atoms with Gasteiger partial charge in [-0.3, -0.25) is 5.10 Å². The molecule has 0 amide bonds. The topological polar surface area (TPSA) is 144 Å². The predicted molar refractivity (Wildman–Crippen MR) is 45.9 cm³/mol. The predicted octanol–water partition coefficient (Wildman–Crippen LogP) is -1.71. The van der Waals surface area contributed by atoms with Crippen LogP contribution >= 0.6 is 0 Å². The van der Waals surface area contributed by atoms with Crippen LogP contribution in [0, 0.1) is 0 Å². The van der Waals surface area contributed by atoms with Gasteiger partial charge in [0.2, 0.25) is 0 Å². The van der Waals surface area contributed by atoms with Crippen LogP contribution in [-0.2, 0) is 9.59 Å². The largest absolute Gasteiger partial charge is 0.479 e. The summed E-state index contributed by atoms with van der Waals surface area (Å²) in [6.07, 6.45) is -1.07. The van der Waals surface area contributed by atoms with Crippen molar-refractivity contribution in [2.75, 3.05) is 0 Å². The Morgan fingerprint density at radius 2 is 1.60 bits per heavy atom. The van der Waals surface area contributed by atoms with Crippen molar-refractivity contribution < 1.29 is 30.0 Å². The zero-order valence-electron chi connectivity index (χ0n) is 7.44. The molecule has 0 fully saturated rings. The minimum absolute atomic E-state index is 1.69. The van der Waals surface area contributed by atoms with Crippen molar-refractivity contribution in [3.05, 3.63) is 18.5 Å². The van der Waals surface area contributed by atoms with Crippen molar-refractivity contribution in [3.8, 4) is 0 Å². The highest BCUT2D eigenvalue weighted by Gasteiger charge is 2.29. The molecular weight excluding hydrogens is 208 g/mol. The quantitative estimate of drug-likeness (QED) is 0.406. The van der Waals surface area contributed by atoms with Crippen molar-refractivity contribution in [2.24, 2.45) is 0 Å². The molecule has 1 aromatic rings. The van der Waals surface area contributed by atoms with Gasteiger partial charge in [-0.1, -0.05) is 0 Å². The van der Waals surface area contributed by atoms with Crippen LogP contribution in [0.15, 0.2) is 18.5 Å². The van der Waals surface area contributed by atoms with E-state index in [1.807, 2.05) is 6.07 Å². The average molecular weight is 218 g/mol. The molecule has 0 aliphatic carbocycles. The lowest BCUT2D eigenvalue weighted by molar-refractivity contribution is -0.165. The fourth-order valence-corrected chi connectivity index (χ4v) is 0.485. The summed E-state index contributed by atoms with van der Waals surface area (Å²) in [7, 11) is 0.